The number of carbonyl (C=O) groups is 1. The smallest absolute Gasteiger partial charge is 0.330 e. The van der Waals surface area contributed by atoms with E-state index in [-0.39, 0.29) is 54.4 Å². The van der Waals surface area contributed by atoms with Gasteiger partial charge < -0.3 is 23.7 Å². The van der Waals surface area contributed by atoms with Gasteiger partial charge in [0.25, 0.3) is 0 Å². The Morgan fingerprint density at radius 2 is 1.80 bits per heavy atom. The summed E-state index contributed by atoms with van der Waals surface area (Å²) < 4.78 is 33.7. The molecule has 0 saturated carbocycles. The van der Waals surface area contributed by atoms with Crippen LogP contribution in [0.25, 0.3) is 6.08 Å². The van der Waals surface area contributed by atoms with E-state index >= 15 is 0 Å². The van der Waals surface area contributed by atoms with E-state index in [1.165, 1.54) is 5.57 Å². The van der Waals surface area contributed by atoms with Gasteiger partial charge in [-0.1, -0.05) is 85.0 Å². The van der Waals surface area contributed by atoms with Crippen molar-refractivity contribution in [2.45, 2.75) is 102 Å². The molecule has 1 aromatic carbocycles. The number of fused-ring (bicyclic) bond motifs is 9. The van der Waals surface area contributed by atoms with Crippen molar-refractivity contribution >= 4 is 34.6 Å². The second-order valence-electron chi connectivity index (χ2n) is 12.0. The first-order chi connectivity index (χ1) is 19.8. The van der Waals surface area contributed by atoms with Crippen LogP contribution in [0.1, 0.15) is 76.7 Å². The first kappa shape index (κ1) is 30.7. The van der Waals surface area contributed by atoms with Crippen LogP contribution in [0, 0.1) is 11.8 Å². The minimum Gasteiger partial charge on any atom is -0.458 e. The molecule has 7 heteroatoms. The summed E-state index contributed by atoms with van der Waals surface area (Å²) in [6.07, 6.45) is 11.6. The molecule has 3 fully saturated rings. The van der Waals surface area contributed by atoms with Crippen LogP contribution >= 0.6 is 22.6 Å². The third kappa shape index (κ3) is 7.79. The molecule has 0 unspecified atom stereocenters. The van der Waals surface area contributed by atoms with Gasteiger partial charge in [-0.05, 0) is 60.3 Å². The fourth-order valence-corrected chi connectivity index (χ4v) is 6.96. The third-order valence-electron chi connectivity index (χ3n) is 8.78. The van der Waals surface area contributed by atoms with Crippen LogP contribution in [0.15, 0.2) is 64.3 Å². The number of esters is 1. The van der Waals surface area contributed by atoms with Gasteiger partial charge in [0.2, 0.25) is 0 Å². The molecule has 0 N–H and O–H groups in total. The highest BCUT2D eigenvalue weighted by Crippen LogP contribution is 2.38. The number of carbonyl (C=O) groups excluding carboxylic acids is 1. The van der Waals surface area contributed by atoms with Gasteiger partial charge >= 0.3 is 5.97 Å². The quantitative estimate of drug-likeness (QED) is 0.174. The third-order valence-corrected chi connectivity index (χ3v) is 9.76. The van der Waals surface area contributed by atoms with Gasteiger partial charge in [0.1, 0.15) is 6.10 Å². The summed E-state index contributed by atoms with van der Waals surface area (Å²) in [4.78, 5) is 13.0. The number of halogens is 1. The highest BCUT2D eigenvalue weighted by molar-refractivity contribution is 14.1. The van der Waals surface area contributed by atoms with Crippen molar-refractivity contribution in [2.24, 2.45) is 11.8 Å². The zero-order valence-electron chi connectivity index (χ0n) is 24.4. The molecule has 0 radical (unpaired) electrons. The molecule has 3 saturated heterocycles. The SMILES string of the molecule is C=C1C[C@@H]2C[C@@H]3CCO[C@@H](O3)c3cccc(c3)/C=C\C[C@H]3O[C@@H](/C(C)=C/I)[C@H](C)[C@@H](OC(=O)/C=C/C[C@@H](C1)O2)[C@H]3C. The Morgan fingerprint density at radius 1 is 1.00 bits per heavy atom. The maximum absolute atomic E-state index is 13.0. The zero-order valence-corrected chi connectivity index (χ0v) is 26.5. The summed E-state index contributed by atoms with van der Waals surface area (Å²) in [7, 11) is 0. The predicted octanol–water partition coefficient (Wildman–Crippen LogP) is 7.64. The topological polar surface area (TPSA) is 63.2 Å². The van der Waals surface area contributed by atoms with Crippen molar-refractivity contribution < 1.29 is 28.5 Å². The minimum absolute atomic E-state index is 0.0102. The highest BCUT2D eigenvalue weighted by atomic mass is 127. The molecule has 0 spiro atoms. The Labute approximate surface area is 258 Å². The predicted molar refractivity (Wildman–Crippen MR) is 168 cm³/mol. The van der Waals surface area contributed by atoms with Gasteiger partial charge in [0.05, 0.1) is 37.1 Å². The lowest BCUT2D eigenvalue weighted by Gasteiger charge is -2.44. The van der Waals surface area contributed by atoms with Crippen LogP contribution in [0.3, 0.4) is 0 Å². The molecule has 0 aromatic heterocycles. The molecule has 1 aromatic rings. The normalized spacial score (nSPS) is 38.7. The first-order valence-electron chi connectivity index (χ1n) is 15.0. The molecule has 222 valence electrons. The lowest BCUT2D eigenvalue weighted by atomic mass is 9.79. The number of ether oxygens (including phenoxy) is 5. The lowest BCUT2D eigenvalue weighted by Crippen LogP contribution is -2.50. The van der Waals surface area contributed by atoms with Gasteiger partial charge in [0, 0.05) is 29.9 Å². The molecule has 41 heavy (non-hydrogen) atoms. The zero-order chi connectivity index (χ0) is 28.9. The highest BCUT2D eigenvalue weighted by Gasteiger charge is 2.43. The summed E-state index contributed by atoms with van der Waals surface area (Å²) in [5.41, 5.74) is 4.43. The van der Waals surface area contributed by atoms with E-state index in [9.17, 15) is 4.79 Å². The standard InChI is InChI=1S/C34H43IO6/c1-21-16-27-11-7-13-31(36)41-33-23(3)30(40-32(24(33)4)22(2)20-35)12-6-9-25-8-5-10-26(18-25)34-37-15-14-28(39-34)19-29(17-21)38-27/h5-10,13,18,20,23-24,27-30,32-34H,1,11-12,14-17,19H2,2-4H3/b9-6-,13-7+,22-20+/t23-,24-,27-,28-,29+,30+,32-,33-,34-/m0/s1. The van der Waals surface area contributed by atoms with Crippen molar-refractivity contribution in [1.82, 2.24) is 0 Å². The van der Waals surface area contributed by atoms with E-state index in [2.05, 4.69) is 84.4 Å². The average molecular weight is 675 g/mol. The van der Waals surface area contributed by atoms with E-state index in [1.807, 2.05) is 12.1 Å². The molecule has 6 nitrogen and oxygen atoms in total. The minimum atomic E-state index is -0.391. The van der Waals surface area contributed by atoms with E-state index < -0.39 is 6.29 Å². The van der Waals surface area contributed by atoms with E-state index in [1.54, 1.807) is 6.08 Å². The Bertz CT molecular complexity index is 1170. The fraction of sp³-hybridized carbons (Fsp3) is 0.559. The summed E-state index contributed by atoms with van der Waals surface area (Å²) in [5.74, 6) is -0.232. The molecular weight excluding hydrogens is 631 g/mol. The van der Waals surface area contributed by atoms with E-state index in [4.69, 9.17) is 23.7 Å². The largest absolute Gasteiger partial charge is 0.458 e. The molecule has 0 aliphatic carbocycles. The molecular formula is C34H43IO6. The number of hydrogen-bond acceptors (Lipinski definition) is 6. The van der Waals surface area contributed by atoms with Crippen molar-refractivity contribution in [2.75, 3.05) is 6.61 Å². The number of rotatable bonds is 1. The molecule has 9 atom stereocenters. The number of hydrogen-bond donors (Lipinski definition) is 0. The van der Waals surface area contributed by atoms with Gasteiger partial charge in [-0.3, -0.25) is 0 Å². The van der Waals surface area contributed by atoms with Gasteiger partial charge in [0.15, 0.2) is 6.29 Å². The molecule has 4 aliphatic heterocycles. The van der Waals surface area contributed by atoms with Crippen molar-refractivity contribution in [3.8, 4) is 0 Å². The van der Waals surface area contributed by atoms with Crippen LogP contribution in [-0.2, 0) is 28.5 Å². The Balaban J connectivity index is 1.42. The van der Waals surface area contributed by atoms with Crippen molar-refractivity contribution in [1.29, 1.82) is 0 Å². The summed E-state index contributed by atoms with van der Waals surface area (Å²) in [6.45, 7) is 11.3. The molecule has 4 aliphatic rings. The van der Waals surface area contributed by atoms with Crippen LogP contribution in [-0.4, -0.2) is 49.2 Å². The van der Waals surface area contributed by atoms with Crippen molar-refractivity contribution in [3.05, 3.63) is 75.4 Å². The average Bonchev–Trinajstić information content (AvgIpc) is 2.95. The first-order valence-corrected chi connectivity index (χ1v) is 16.2. The maximum atomic E-state index is 13.0. The van der Waals surface area contributed by atoms with Crippen molar-refractivity contribution in [3.63, 3.8) is 0 Å². The van der Waals surface area contributed by atoms with Crippen LogP contribution in [0.5, 0.6) is 0 Å². The van der Waals surface area contributed by atoms with E-state index in [0.717, 1.165) is 48.8 Å². The van der Waals surface area contributed by atoms with Gasteiger partial charge in [-0.2, -0.15) is 0 Å². The lowest BCUT2D eigenvalue weighted by molar-refractivity contribution is -0.225. The summed E-state index contributed by atoms with van der Waals surface area (Å²) in [5, 5.41) is 0. The second kappa shape index (κ2) is 14.1. The summed E-state index contributed by atoms with van der Waals surface area (Å²) >= 11 is 2.26. The van der Waals surface area contributed by atoms with E-state index in [0.29, 0.717) is 13.0 Å². The molecule has 8 bridgehead atoms. The fourth-order valence-electron chi connectivity index (χ4n) is 6.61. The molecule has 5 rings (SSSR count). The van der Waals surface area contributed by atoms with Crippen LogP contribution in [0.2, 0.25) is 0 Å². The van der Waals surface area contributed by atoms with Gasteiger partial charge in [-0.15, -0.1) is 0 Å². The van der Waals surface area contributed by atoms with Crippen LogP contribution in [0.4, 0.5) is 0 Å². The monoisotopic (exact) mass is 674 g/mol. The van der Waals surface area contributed by atoms with Gasteiger partial charge in [-0.25, -0.2) is 4.79 Å². The molecule has 0 amide bonds. The second-order valence-corrected chi connectivity index (χ2v) is 12.7. The Kier molecular flexibility index (Phi) is 10.6. The molecule has 4 heterocycles. The number of benzene rings is 1. The Morgan fingerprint density at radius 3 is 2.63 bits per heavy atom. The summed E-state index contributed by atoms with van der Waals surface area (Å²) in [6, 6.07) is 8.34. The maximum Gasteiger partial charge on any atom is 0.330 e. The van der Waals surface area contributed by atoms with Crippen LogP contribution < -0.4 is 0 Å². The Hall–Kier alpha value is -1.78.